The number of hydrogen-bond donors (Lipinski definition) is 3. The predicted molar refractivity (Wildman–Crippen MR) is 70.0 cm³/mol. The zero-order valence-electron chi connectivity index (χ0n) is 9.51. The van der Waals surface area contributed by atoms with Gasteiger partial charge in [0.15, 0.2) is 5.82 Å². The van der Waals surface area contributed by atoms with E-state index < -0.39 is 0 Å². The van der Waals surface area contributed by atoms with Gasteiger partial charge in [-0.05, 0) is 18.9 Å². The number of rotatable bonds is 4. The van der Waals surface area contributed by atoms with Crippen molar-refractivity contribution in [2.24, 2.45) is 11.8 Å². The lowest BCUT2D eigenvalue weighted by Gasteiger charge is -2.19. The number of nitrogens with zero attached hydrogens (tertiary/aromatic N) is 1. The highest BCUT2D eigenvalue weighted by atomic mass is 35.5. The SMILES string of the molecule is CC(C)C(C)Nc1nc(NN)c(Cl)cc1Cl. The van der Waals surface area contributed by atoms with Crippen molar-refractivity contribution in [1.29, 1.82) is 0 Å². The van der Waals surface area contributed by atoms with Crippen LogP contribution >= 0.6 is 23.2 Å². The fourth-order valence-corrected chi connectivity index (χ4v) is 1.52. The molecule has 0 radical (unpaired) electrons. The number of pyridine rings is 1. The number of anilines is 2. The molecule has 0 spiro atoms. The molecule has 0 amide bonds. The van der Waals surface area contributed by atoms with E-state index in [9.17, 15) is 0 Å². The number of hydrogen-bond acceptors (Lipinski definition) is 4. The molecule has 0 aliphatic heterocycles. The van der Waals surface area contributed by atoms with Crippen molar-refractivity contribution in [3.05, 3.63) is 16.1 Å². The van der Waals surface area contributed by atoms with Crippen LogP contribution in [0.2, 0.25) is 10.0 Å². The second-order valence-corrected chi connectivity index (χ2v) is 4.78. The van der Waals surface area contributed by atoms with Crippen molar-refractivity contribution in [1.82, 2.24) is 4.98 Å². The molecule has 0 saturated carbocycles. The molecule has 0 fully saturated rings. The second kappa shape index (κ2) is 5.57. The summed E-state index contributed by atoms with van der Waals surface area (Å²) in [5.41, 5.74) is 2.42. The first-order chi connectivity index (χ1) is 7.45. The topological polar surface area (TPSA) is 63.0 Å². The molecule has 0 saturated heterocycles. The van der Waals surface area contributed by atoms with Gasteiger partial charge in [-0.3, -0.25) is 0 Å². The Bertz CT molecular complexity index is 368. The molecule has 1 atom stereocenters. The van der Waals surface area contributed by atoms with Crippen LogP contribution in [0.3, 0.4) is 0 Å². The molecule has 1 aromatic rings. The van der Waals surface area contributed by atoms with Crippen LogP contribution in [0.1, 0.15) is 20.8 Å². The van der Waals surface area contributed by atoms with Gasteiger partial charge in [0.05, 0.1) is 10.0 Å². The van der Waals surface area contributed by atoms with E-state index >= 15 is 0 Å². The van der Waals surface area contributed by atoms with Crippen molar-refractivity contribution in [2.45, 2.75) is 26.8 Å². The molecule has 6 heteroatoms. The van der Waals surface area contributed by atoms with Gasteiger partial charge in [0.2, 0.25) is 0 Å². The van der Waals surface area contributed by atoms with Crippen molar-refractivity contribution in [2.75, 3.05) is 10.7 Å². The lowest BCUT2D eigenvalue weighted by molar-refractivity contribution is 0.558. The fraction of sp³-hybridized carbons (Fsp3) is 0.500. The summed E-state index contributed by atoms with van der Waals surface area (Å²) in [6, 6.07) is 1.87. The number of nitrogen functional groups attached to an aromatic ring is 1. The van der Waals surface area contributed by atoms with Crippen molar-refractivity contribution < 1.29 is 0 Å². The summed E-state index contributed by atoms with van der Waals surface area (Å²) in [5.74, 6) is 6.76. The smallest absolute Gasteiger partial charge is 0.161 e. The molecule has 1 unspecified atom stereocenters. The molecule has 1 aromatic heterocycles. The van der Waals surface area contributed by atoms with Crippen LogP contribution in [-0.2, 0) is 0 Å². The summed E-state index contributed by atoms with van der Waals surface area (Å²) in [6.45, 7) is 6.29. The molecule has 90 valence electrons. The minimum absolute atomic E-state index is 0.261. The molecular weight excluding hydrogens is 247 g/mol. The van der Waals surface area contributed by atoms with Crippen LogP contribution in [0.15, 0.2) is 6.07 Å². The van der Waals surface area contributed by atoms with E-state index in [2.05, 4.69) is 36.5 Å². The summed E-state index contributed by atoms with van der Waals surface area (Å²) in [4.78, 5) is 4.20. The van der Waals surface area contributed by atoms with E-state index in [4.69, 9.17) is 29.0 Å². The Balaban J connectivity index is 2.96. The fourth-order valence-electron chi connectivity index (χ4n) is 1.05. The quantitative estimate of drug-likeness (QED) is 0.577. The zero-order chi connectivity index (χ0) is 12.3. The number of nitrogens with two attached hydrogens (primary N) is 1. The van der Waals surface area contributed by atoms with Crippen LogP contribution in [0.25, 0.3) is 0 Å². The van der Waals surface area contributed by atoms with Crippen LogP contribution < -0.4 is 16.6 Å². The van der Waals surface area contributed by atoms with Gasteiger partial charge in [0.1, 0.15) is 5.82 Å². The molecule has 4 nitrogen and oxygen atoms in total. The maximum atomic E-state index is 6.03. The molecule has 0 bridgehead atoms. The monoisotopic (exact) mass is 262 g/mol. The molecule has 0 aliphatic carbocycles. The van der Waals surface area contributed by atoms with Crippen LogP contribution in [0, 0.1) is 5.92 Å². The third kappa shape index (κ3) is 3.14. The third-order valence-corrected chi connectivity index (χ3v) is 3.01. The molecular formula is C10H16Cl2N4. The molecule has 1 rings (SSSR count). The van der Waals surface area contributed by atoms with Crippen LogP contribution in [0.4, 0.5) is 11.6 Å². The van der Waals surface area contributed by atoms with Crippen LogP contribution in [0.5, 0.6) is 0 Å². The Morgan fingerprint density at radius 2 is 1.75 bits per heavy atom. The Morgan fingerprint density at radius 1 is 1.19 bits per heavy atom. The lowest BCUT2D eigenvalue weighted by atomic mass is 10.1. The third-order valence-electron chi connectivity index (χ3n) is 2.43. The number of nitrogens with one attached hydrogen (secondary N) is 2. The Kier molecular flexibility index (Phi) is 4.65. The predicted octanol–water partition coefficient (Wildman–Crippen LogP) is 3.13. The maximum absolute atomic E-state index is 6.03. The van der Waals surface area contributed by atoms with Crippen molar-refractivity contribution in [3.8, 4) is 0 Å². The van der Waals surface area contributed by atoms with Gasteiger partial charge in [-0.2, -0.15) is 0 Å². The highest BCUT2D eigenvalue weighted by Gasteiger charge is 2.12. The Morgan fingerprint density at radius 3 is 2.25 bits per heavy atom. The summed E-state index contributed by atoms with van der Waals surface area (Å²) >= 11 is 11.9. The highest BCUT2D eigenvalue weighted by molar-refractivity contribution is 6.37. The first kappa shape index (κ1) is 13.4. The average Bonchev–Trinajstić information content (AvgIpc) is 2.21. The van der Waals surface area contributed by atoms with Gasteiger partial charge >= 0.3 is 0 Å². The molecule has 16 heavy (non-hydrogen) atoms. The first-order valence-electron chi connectivity index (χ1n) is 5.05. The van der Waals surface area contributed by atoms with Gasteiger partial charge in [0, 0.05) is 6.04 Å². The Labute approximate surface area is 105 Å². The standard InChI is InChI=1S/C10H16Cl2N4/c1-5(2)6(3)14-9-7(11)4-8(12)10(15-9)16-13/h4-6H,13H2,1-3H3,(H2,14,15,16). The molecule has 0 aromatic carbocycles. The minimum atomic E-state index is 0.261. The zero-order valence-corrected chi connectivity index (χ0v) is 11.0. The first-order valence-corrected chi connectivity index (χ1v) is 5.80. The van der Waals surface area contributed by atoms with E-state index in [0.717, 1.165) is 0 Å². The van der Waals surface area contributed by atoms with Crippen LogP contribution in [-0.4, -0.2) is 11.0 Å². The van der Waals surface area contributed by atoms with E-state index in [1.165, 1.54) is 0 Å². The molecule has 0 aliphatic rings. The van der Waals surface area contributed by atoms with E-state index in [-0.39, 0.29) is 6.04 Å². The maximum Gasteiger partial charge on any atom is 0.161 e. The number of hydrazine groups is 1. The van der Waals surface area contributed by atoms with Gasteiger partial charge < -0.3 is 10.7 Å². The Hall–Kier alpha value is -0.710. The summed E-state index contributed by atoms with van der Waals surface area (Å²) in [6.07, 6.45) is 0. The van der Waals surface area contributed by atoms with Gasteiger partial charge in [0.25, 0.3) is 0 Å². The minimum Gasteiger partial charge on any atom is -0.366 e. The number of aromatic nitrogens is 1. The van der Waals surface area contributed by atoms with E-state index in [1.807, 2.05) is 0 Å². The largest absolute Gasteiger partial charge is 0.366 e. The molecule has 1 heterocycles. The normalized spacial score (nSPS) is 12.7. The van der Waals surface area contributed by atoms with Gasteiger partial charge in [-0.1, -0.05) is 37.0 Å². The average molecular weight is 263 g/mol. The second-order valence-electron chi connectivity index (χ2n) is 3.97. The van der Waals surface area contributed by atoms with Gasteiger partial charge in [-0.15, -0.1) is 0 Å². The van der Waals surface area contributed by atoms with Crippen molar-refractivity contribution >= 4 is 34.8 Å². The van der Waals surface area contributed by atoms with E-state index in [0.29, 0.717) is 27.6 Å². The summed E-state index contributed by atoms with van der Waals surface area (Å²) in [7, 11) is 0. The summed E-state index contributed by atoms with van der Waals surface area (Å²) < 4.78 is 0. The molecule has 4 N–H and O–H groups in total. The summed E-state index contributed by atoms with van der Waals surface area (Å²) in [5, 5.41) is 4.10. The van der Waals surface area contributed by atoms with Crippen molar-refractivity contribution in [3.63, 3.8) is 0 Å². The highest BCUT2D eigenvalue weighted by Crippen LogP contribution is 2.29. The lowest BCUT2D eigenvalue weighted by Crippen LogP contribution is -2.22. The van der Waals surface area contributed by atoms with E-state index in [1.54, 1.807) is 6.07 Å². The number of halogens is 2. The van der Waals surface area contributed by atoms with Gasteiger partial charge in [-0.25, -0.2) is 10.8 Å².